The summed E-state index contributed by atoms with van der Waals surface area (Å²) in [6, 6.07) is 4.34. The van der Waals surface area contributed by atoms with Gasteiger partial charge in [0.2, 0.25) is 5.91 Å². The third-order valence-corrected chi connectivity index (χ3v) is 4.72. The maximum atomic E-state index is 13.9. The van der Waals surface area contributed by atoms with E-state index < -0.39 is 17.5 Å². The van der Waals surface area contributed by atoms with Crippen LogP contribution in [-0.4, -0.2) is 30.7 Å². The van der Waals surface area contributed by atoms with Gasteiger partial charge in [0.25, 0.3) is 0 Å². The molecular weight excluding hydrogens is 298 g/mol. The lowest BCUT2D eigenvalue weighted by atomic mass is 9.77. The Balaban J connectivity index is 2.02. The van der Waals surface area contributed by atoms with Crippen LogP contribution >= 0.6 is 11.6 Å². The zero-order chi connectivity index (χ0) is 15.0. The number of piperidine rings is 2. The average molecular weight is 315 g/mol. The van der Waals surface area contributed by atoms with Crippen LogP contribution in [0.2, 0.25) is 5.02 Å². The van der Waals surface area contributed by atoms with E-state index in [0.29, 0.717) is 24.9 Å². The first kappa shape index (κ1) is 14.7. The number of benzene rings is 1. The topological polar surface area (TPSA) is 32.3 Å². The summed E-state index contributed by atoms with van der Waals surface area (Å²) in [7, 11) is 0. The molecule has 2 aliphatic heterocycles. The van der Waals surface area contributed by atoms with E-state index >= 15 is 0 Å². The van der Waals surface area contributed by atoms with Crippen LogP contribution in [0, 0.1) is 5.82 Å². The van der Waals surface area contributed by atoms with Gasteiger partial charge in [-0.15, -0.1) is 0 Å². The highest BCUT2D eigenvalue weighted by Crippen LogP contribution is 2.41. The van der Waals surface area contributed by atoms with Gasteiger partial charge in [-0.3, -0.25) is 4.79 Å². The van der Waals surface area contributed by atoms with E-state index in [1.54, 1.807) is 11.0 Å². The van der Waals surface area contributed by atoms with Gasteiger partial charge in [-0.1, -0.05) is 11.6 Å². The summed E-state index contributed by atoms with van der Waals surface area (Å²) in [5.41, 5.74) is -0.0870. The van der Waals surface area contributed by atoms with Gasteiger partial charge in [0.1, 0.15) is 12.0 Å². The number of alkyl halides is 1. The van der Waals surface area contributed by atoms with Gasteiger partial charge in [0.15, 0.2) is 0 Å². The number of carbonyl (C=O) groups excluding carboxylic acids is 1. The van der Waals surface area contributed by atoms with Crippen molar-refractivity contribution < 1.29 is 13.6 Å². The van der Waals surface area contributed by atoms with Gasteiger partial charge in [-0.2, -0.15) is 0 Å². The molecule has 1 atom stereocenters. The molecule has 1 amide bonds. The Bertz CT molecular complexity index is 561. The fraction of sp³-hybridized carbons (Fsp3) is 0.533. The smallest absolute Gasteiger partial charge is 0.230 e. The normalized spacial score (nSPS) is 25.4. The Kier molecular flexibility index (Phi) is 3.88. The monoisotopic (exact) mass is 314 g/mol. The predicted molar refractivity (Wildman–Crippen MR) is 77.9 cm³/mol. The molecule has 3 rings (SSSR count). The molecular formula is C15H17ClF2N2O. The second-order valence-corrected chi connectivity index (χ2v) is 6.21. The maximum Gasteiger partial charge on any atom is 0.230 e. The van der Waals surface area contributed by atoms with E-state index in [1.807, 2.05) is 0 Å². The van der Waals surface area contributed by atoms with Crippen molar-refractivity contribution >= 4 is 23.2 Å². The fourth-order valence-electron chi connectivity index (χ4n) is 3.48. The van der Waals surface area contributed by atoms with Crippen LogP contribution in [0.4, 0.5) is 14.5 Å². The zero-order valence-electron chi connectivity index (χ0n) is 11.5. The van der Waals surface area contributed by atoms with Crippen molar-refractivity contribution in [3.05, 3.63) is 29.0 Å². The molecule has 1 unspecified atom stereocenters. The first-order valence-electron chi connectivity index (χ1n) is 7.15. The van der Waals surface area contributed by atoms with E-state index in [1.165, 1.54) is 12.1 Å². The van der Waals surface area contributed by atoms with Crippen molar-refractivity contribution in [3.63, 3.8) is 0 Å². The van der Waals surface area contributed by atoms with Crippen molar-refractivity contribution in [3.8, 4) is 0 Å². The van der Waals surface area contributed by atoms with Gasteiger partial charge in [0.05, 0.1) is 17.0 Å². The van der Waals surface area contributed by atoms with Crippen LogP contribution in [0.1, 0.15) is 25.7 Å². The Labute approximate surface area is 127 Å². The third kappa shape index (κ3) is 2.64. The second-order valence-electron chi connectivity index (χ2n) is 5.81. The molecule has 1 spiro atoms. The first-order valence-corrected chi connectivity index (χ1v) is 7.52. The summed E-state index contributed by atoms with van der Waals surface area (Å²) in [5, 5.41) is 3.24. The minimum atomic E-state index is -1.12. The molecule has 6 heteroatoms. The fourth-order valence-corrected chi connectivity index (χ4v) is 3.60. The zero-order valence-corrected chi connectivity index (χ0v) is 12.3. The molecule has 0 bridgehead atoms. The SMILES string of the molecule is O=C1CC(F)CC2(CCNCC2)N1c1ccc(Cl)c(F)c1. The molecule has 0 saturated carbocycles. The summed E-state index contributed by atoms with van der Waals surface area (Å²) in [6.45, 7) is 1.46. The number of halogens is 3. The highest BCUT2D eigenvalue weighted by atomic mass is 35.5. The highest BCUT2D eigenvalue weighted by molar-refractivity contribution is 6.30. The molecule has 0 radical (unpaired) electrons. The third-order valence-electron chi connectivity index (χ3n) is 4.42. The molecule has 3 nitrogen and oxygen atoms in total. The molecule has 0 aliphatic carbocycles. The molecule has 2 heterocycles. The van der Waals surface area contributed by atoms with Crippen LogP contribution < -0.4 is 10.2 Å². The Morgan fingerprint density at radius 1 is 1.33 bits per heavy atom. The van der Waals surface area contributed by atoms with Gasteiger partial charge in [0, 0.05) is 12.1 Å². The number of carbonyl (C=O) groups is 1. The largest absolute Gasteiger partial charge is 0.317 e. The van der Waals surface area contributed by atoms with Gasteiger partial charge in [-0.05, 0) is 44.1 Å². The average Bonchev–Trinajstić information content (AvgIpc) is 2.42. The van der Waals surface area contributed by atoms with Crippen molar-refractivity contribution in [1.82, 2.24) is 5.32 Å². The Morgan fingerprint density at radius 2 is 2.05 bits per heavy atom. The van der Waals surface area contributed by atoms with Crippen LogP contribution in [0.15, 0.2) is 18.2 Å². The van der Waals surface area contributed by atoms with E-state index in [-0.39, 0.29) is 17.4 Å². The molecule has 1 aromatic carbocycles. The lowest BCUT2D eigenvalue weighted by Gasteiger charge is -2.50. The Hall–Kier alpha value is -1.20. The molecule has 114 valence electrons. The van der Waals surface area contributed by atoms with Crippen LogP contribution in [0.25, 0.3) is 0 Å². The van der Waals surface area contributed by atoms with Gasteiger partial charge in [-0.25, -0.2) is 8.78 Å². The van der Waals surface area contributed by atoms with E-state index in [2.05, 4.69) is 5.32 Å². The lowest BCUT2D eigenvalue weighted by molar-refractivity contribution is -0.123. The molecule has 1 N–H and O–H groups in total. The number of rotatable bonds is 1. The van der Waals surface area contributed by atoms with E-state index in [9.17, 15) is 13.6 Å². The highest BCUT2D eigenvalue weighted by Gasteiger charge is 2.47. The second kappa shape index (κ2) is 5.54. The predicted octanol–water partition coefficient (Wildman–Crippen LogP) is 3.07. The van der Waals surface area contributed by atoms with Gasteiger partial charge >= 0.3 is 0 Å². The molecule has 2 aliphatic rings. The number of hydrogen-bond acceptors (Lipinski definition) is 2. The van der Waals surface area contributed by atoms with Crippen molar-refractivity contribution in [2.24, 2.45) is 0 Å². The summed E-state index contributed by atoms with van der Waals surface area (Å²) in [4.78, 5) is 14.0. The first-order chi connectivity index (χ1) is 10.0. The van der Waals surface area contributed by atoms with Crippen molar-refractivity contribution in [1.29, 1.82) is 0 Å². The van der Waals surface area contributed by atoms with E-state index in [0.717, 1.165) is 13.1 Å². The molecule has 2 fully saturated rings. The van der Waals surface area contributed by atoms with Crippen LogP contribution in [-0.2, 0) is 4.79 Å². The van der Waals surface area contributed by atoms with Gasteiger partial charge < -0.3 is 10.2 Å². The molecule has 21 heavy (non-hydrogen) atoms. The van der Waals surface area contributed by atoms with Crippen molar-refractivity contribution in [2.75, 3.05) is 18.0 Å². The van der Waals surface area contributed by atoms with E-state index in [4.69, 9.17) is 11.6 Å². The molecule has 1 aromatic rings. The summed E-state index contributed by atoms with van der Waals surface area (Å²) in [6.07, 6.45) is 0.390. The minimum Gasteiger partial charge on any atom is -0.317 e. The minimum absolute atomic E-state index is 0.0194. The standard InChI is InChI=1S/C15H17ClF2N2O/c16-12-2-1-11(8-13(12)18)20-14(21)7-10(17)9-15(20)3-5-19-6-4-15/h1-2,8,10,19H,3-7,9H2. The van der Waals surface area contributed by atoms with Crippen molar-refractivity contribution in [2.45, 2.75) is 37.4 Å². The number of nitrogens with one attached hydrogen (secondary N) is 1. The molecule has 0 aromatic heterocycles. The Morgan fingerprint density at radius 3 is 2.71 bits per heavy atom. The van der Waals surface area contributed by atoms with Crippen LogP contribution in [0.5, 0.6) is 0 Å². The number of hydrogen-bond donors (Lipinski definition) is 1. The summed E-state index contributed by atoms with van der Waals surface area (Å²) in [5.74, 6) is -0.842. The number of amides is 1. The lowest BCUT2D eigenvalue weighted by Crippen LogP contribution is -2.61. The number of nitrogens with zero attached hydrogens (tertiary/aromatic N) is 1. The summed E-state index contributed by atoms with van der Waals surface area (Å²) >= 11 is 5.71. The summed E-state index contributed by atoms with van der Waals surface area (Å²) < 4.78 is 27.7. The molecule has 2 saturated heterocycles. The quantitative estimate of drug-likeness (QED) is 0.864. The maximum absolute atomic E-state index is 13.9. The number of anilines is 1. The van der Waals surface area contributed by atoms with Crippen LogP contribution in [0.3, 0.4) is 0 Å².